The van der Waals surface area contributed by atoms with E-state index in [1.807, 2.05) is 12.1 Å². The van der Waals surface area contributed by atoms with Gasteiger partial charge in [0.15, 0.2) is 11.5 Å². The maximum atomic E-state index is 5.74. The monoisotopic (exact) mass is 261 g/mol. The Labute approximate surface area is 115 Å². The van der Waals surface area contributed by atoms with Crippen LogP contribution in [0, 0.1) is 0 Å². The summed E-state index contributed by atoms with van der Waals surface area (Å²) in [6.07, 6.45) is 7.01. The summed E-state index contributed by atoms with van der Waals surface area (Å²) in [4.78, 5) is 0. The van der Waals surface area contributed by atoms with Gasteiger partial charge in [0.1, 0.15) is 6.61 Å². The van der Waals surface area contributed by atoms with Gasteiger partial charge in [-0.1, -0.05) is 37.6 Å². The first-order valence-corrected chi connectivity index (χ1v) is 6.98. The minimum absolute atomic E-state index is 0.497. The first kappa shape index (κ1) is 13.9. The van der Waals surface area contributed by atoms with E-state index in [2.05, 4.69) is 18.0 Å². The minimum Gasteiger partial charge on any atom is -0.493 e. The number of hydrogen-bond acceptors (Lipinski definition) is 3. The number of benzene rings is 1. The Morgan fingerprint density at radius 1 is 1.37 bits per heavy atom. The van der Waals surface area contributed by atoms with Gasteiger partial charge in [-0.15, -0.1) is 0 Å². The van der Waals surface area contributed by atoms with Crippen molar-refractivity contribution in [1.29, 1.82) is 0 Å². The van der Waals surface area contributed by atoms with Crippen molar-refractivity contribution in [3.8, 4) is 11.5 Å². The average Bonchev–Trinajstić information content (AvgIpc) is 2.96. The average molecular weight is 261 g/mol. The molecule has 1 saturated carbocycles. The smallest absolute Gasteiger partial charge is 0.166 e. The molecule has 19 heavy (non-hydrogen) atoms. The third-order valence-corrected chi connectivity index (χ3v) is 3.56. The highest BCUT2D eigenvalue weighted by molar-refractivity contribution is 5.46. The van der Waals surface area contributed by atoms with Crippen LogP contribution in [0.25, 0.3) is 0 Å². The van der Waals surface area contributed by atoms with Crippen LogP contribution in [0.2, 0.25) is 0 Å². The Hall–Kier alpha value is -1.48. The van der Waals surface area contributed by atoms with Crippen molar-refractivity contribution in [2.75, 3.05) is 13.7 Å². The largest absolute Gasteiger partial charge is 0.493 e. The van der Waals surface area contributed by atoms with Crippen LogP contribution in [0.15, 0.2) is 30.9 Å². The zero-order valence-electron chi connectivity index (χ0n) is 11.7. The van der Waals surface area contributed by atoms with Gasteiger partial charge >= 0.3 is 0 Å². The summed E-state index contributed by atoms with van der Waals surface area (Å²) in [5, 5.41) is 3.60. The molecule has 1 aromatic carbocycles. The molecule has 0 saturated heterocycles. The number of rotatable bonds is 7. The van der Waals surface area contributed by atoms with E-state index < -0.39 is 0 Å². The van der Waals surface area contributed by atoms with Gasteiger partial charge in [-0.25, -0.2) is 0 Å². The SMILES string of the molecule is C=CCOc1c(CNC2CCCC2)cccc1OC. The third kappa shape index (κ3) is 3.74. The minimum atomic E-state index is 0.497. The molecule has 0 bridgehead atoms. The number of nitrogens with one attached hydrogen (secondary N) is 1. The lowest BCUT2D eigenvalue weighted by atomic mass is 10.1. The fourth-order valence-electron chi connectivity index (χ4n) is 2.55. The topological polar surface area (TPSA) is 30.5 Å². The predicted molar refractivity (Wildman–Crippen MR) is 77.8 cm³/mol. The van der Waals surface area contributed by atoms with Gasteiger partial charge in [-0.3, -0.25) is 0 Å². The molecule has 2 rings (SSSR count). The lowest BCUT2D eigenvalue weighted by Crippen LogP contribution is -2.25. The molecule has 0 spiro atoms. The number of ether oxygens (including phenoxy) is 2. The van der Waals surface area contributed by atoms with E-state index in [1.54, 1.807) is 13.2 Å². The molecule has 0 unspecified atom stereocenters. The van der Waals surface area contributed by atoms with E-state index in [0.717, 1.165) is 23.6 Å². The van der Waals surface area contributed by atoms with Crippen molar-refractivity contribution in [3.05, 3.63) is 36.4 Å². The van der Waals surface area contributed by atoms with E-state index in [9.17, 15) is 0 Å². The number of hydrogen-bond donors (Lipinski definition) is 1. The maximum absolute atomic E-state index is 5.74. The van der Waals surface area contributed by atoms with Crippen LogP contribution >= 0.6 is 0 Å². The van der Waals surface area contributed by atoms with E-state index in [-0.39, 0.29) is 0 Å². The second-order valence-electron chi connectivity index (χ2n) is 4.91. The summed E-state index contributed by atoms with van der Waals surface area (Å²) in [6.45, 7) is 5.01. The van der Waals surface area contributed by atoms with E-state index in [0.29, 0.717) is 12.6 Å². The van der Waals surface area contributed by atoms with Gasteiger partial charge in [0, 0.05) is 18.2 Å². The number of methoxy groups -OCH3 is 1. The molecular formula is C16H23NO2. The fraction of sp³-hybridized carbons (Fsp3) is 0.500. The quantitative estimate of drug-likeness (QED) is 0.764. The highest BCUT2D eigenvalue weighted by Gasteiger charge is 2.16. The summed E-state index contributed by atoms with van der Waals surface area (Å²) in [7, 11) is 1.67. The molecule has 1 aliphatic carbocycles. The molecule has 0 aliphatic heterocycles. The molecule has 0 atom stereocenters. The molecule has 1 aliphatic rings. The fourth-order valence-corrected chi connectivity index (χ4v) is 2.55. The van der Waals surface area contributed by atoms with Crippen LogP contribution in [-0.2, 0) is 6.54 Å². The molecule has 0 radical (unpaired) electrons. The first-order chi connectivity index (χ1) is 9.35. The second-order valence-corrected chi connectivity index (χ2v) is 4.91. The highest BCUT2D eigenvalue weighted by Crippen LogP contribution is 2.31. The lowest BCUT2D eigenvalue weighted by molar-refractivity contribution is 0.321. The molecule has 3 nitrogen and oxygen atoms in total. The summed E-state index contributed by atoms with van der Waals surface area (Å²) in [6, 6.07) is 6.67. The van der Waals surface area contributed by atoms with Gasteiger partial charge in [-0.2, -0.15) is 0 Å². The normalized spacial score (nSPS) is 15.4. The first-order valence-electron chi connectivity index (χ1n) is 6.98. The molecule has 0 heterocycles. The molecule has 0 amide bonds. The molecule has 1 aromatic rings. The molecule has 104 valence electrons. The third-order valence-electron chi connectivity index (χ3n) is 3.56. The van der Waals surface area contributed by atoms with Crippen molar-refractivity contribution in [3.63, 3.8) is 0 Å². The molecule has 1 N–H and O–H groups in total. The van der Waals surface area contributed by atoms with Crippen LogP contribution in [-0.4, -0.2) is 19.8 Å². The summed E-state index contributed by atoms with van der Waals surface area (Å²) in [5.41, 5.74) is 1.15. The maximum Gasteiger partial charge on any atom is 0.166 e. The zero-order chi connectivity index (χ0) is 13.5. The molecular weight excluding hydrogens is 238 g/mol. The molecule has 1 fully saturated rings. The highest BCUT2D eigenvalue weighted by atomic mass is 16.5. The van der Waals surface area contributed by atoms with Crippen LogP contribution in [0.3, 0.4) is 0 Å². The summed E-state index contributed by atoms with van der Waals surface area (Å²) >= 11 is 0. The van der Waals surface area contributed by atoms with Crippen molar-refractivity contribution >= 4 is 0 Å². The van der Waals surface area contributed by atoms with E-state index in [1.165, 1.54) is 25.7 Å². The van der Waals surface area contributed by atoms with Crippen LogP contribution in [0.4, 0.5) is 0 Å². The van der Waals surface area contributed by atoms with Gasteiger partial charge < -0.3 is 14.8 Å². The Morgan fingerprint density at radius 3 is 2.84 bits per heavy atom. The van der Waals surface area contributed by atoms with Gasteiger partial charge in [0.05, 0.1) is 7.11 Å². The van der Waals surface area contributed by atoms with Gasteiger partial charge in [0.2, 0.25) is 0 Å². The predicted octanol–water partition coefficient (Wildman–Crippen LogP) is 3.29. The van der Waals surface area contributed by atoms with Crippen molar-refractivity contribution < 1.29 is 9.47 Å². The Morgan fingerprint density at radius 2 is 2.16 bits per heavy atom. The zero-order valence-corrected chi connectivity index (χ0v) is 11.7. The van der Waals surface area contributed by atoms with Crippen molar-refractivity contribution in [2.45, 2.75) is 38.3 Å². The van der Waals surface area contributed by atoms with Crippen LogP contribution in [0.1, 0.15) is 31.2 Å². The van der Waals surface area contributed by atoms with Crippen LogP contribution in [0.5, 0.6) is 11.5 Å². The summed E-state index contributed by atoms with van der Waals surface area (Å²) in [5.74, 6) is 1.61. The Bertz CT molecular complexity index is 411. The van der Waals surface area contributed by atoms with Gasteiger partial charge in [0.25, 0.3) is 0 Å². The van der Waals surface area contributed by atoms with E-state index in [4.69, 9.17) is 9.47 Å². The van der Waals surface area contributed by atoms with Crippen molar-refractivity contribution in [2.24, 2.45) is 0 Å². The number of para-hydroxylation sites is 1. The van der Waals surface area contributed by atoms with E-state index >= 15 is 0 Å². The lowest BCUT2D eigenvalue weighted by Gasteiger charge is -2.17. The van der Waals surface area contributed by atoms with Gasteiger partial charge in [-0.05, 0) is 18.9 Å². The van der Waals surface area contributed by atoms with Crippen molar-refractivity contribution in [1.82, 2.24) is 5.32 Å². The second kappa shape index (κ2) is 7.19. The van der Waals surface area contributed by atoms with Crippen LogP contribution < -0.4 is 14.8 Å². The standard InChI is InChI=1S/C16H23NO2/c1-3-11-19-16-13(7-6-10-15(16)18-2)12-17-14-8-4-5-9-14/h3,6-7,10,14,17H,1,4-5,8-9,11-12H2,2H3. The molecule has 3 heteroatoms. The Balaban J connectivity index is 2.05. The molecule has 0 aromatic heterocycles. The summed E-state index contributed by atoms with van der Waals surface area (Å²) < 4.78 is 11.1. The Kier molecular flexibility index (Phi) is 5.28.